The Hall–Kier alpha value is -2.59. The molecular formula is C18H20FN3O5S. The predicted octanol–water partition coefficient (Wildman–Crippen LogP) is 0.721. The van der Waals surface area contributed by atoms with E-state index in [1.807, 2.05) is 0 Å². The number of benzene rings is 1. The van der Waals surface area contributed by atoms with E-state index in [4.69, 9.17) is 0 Å². The van der Waals surface area contributed by atoms with Gasteiger partial charge in [0.1, 0.15) is 11.6 Å². The van der Waals surface area contributed by atoms with E-state index in [-0.39, 0.29) is 49.8 Å². The fourth-order valence-corrected chi connectivity index (χ4v) is 3.95. The number of carbonyl (C=O) groups excluding carboxylic acids is 1. The van der Waals surface area contributed by atoms with E-state index >= 15 is 0 Å². The van der Waals surface area contributed by atoms with Crippen molar-refractivity contribution < 1.29 is 22.7 Å². The maximum absolute atomic E-state index is 13.0. The minimum atomic E-state index is -3.42. The molecule has 0 saturated heterocycles. The van der Waals surface area contributed by atoms with Crippen LogP contribution in [0.25, 0.3) is 0 Å². The molecule has 1 aromatic heterocycles. The maximum atomic E-state index is 13.0. The molecule has 28 heavy (non-hydrogen) atoms. The molecule has 0 unspecified atom stereocenters. The fourth-order valence-electron chi connectivity index (χ4n) is 3.11. The van der Waals surface area contributed by atoms with Gasteiger partial charge in [-0.15, -0.1) is 0 Å². The number of nitrogens with zero attached hydrogens (tertiary/aromatic N) is 3. The minimum absolute atomic E-state index is 0.00938. The molecule has 3 rings (SSSR count). The average Bonchev–Trinajstić information content (AvgIpc) is 2.86. The highest BCUT2D eigenvalue weighted by Crippen LogP contribution is 2.17. The molecule has 1 N–H and O–H groups in total. The Kier molecular flexibility index (Phi) is 5.61. The van der Waals surface area contributed by atoms with Gasteiger partial charge in [-0.2, -0.15) is 4.31 Å². The standard InChI is InChI=1S/C18H20FN3O5S/c1-28(26,27)21-9-8-15-20-16(17(24)18(25)22(15)11-10-21)14(23)7-4-12-2-5-13(19)6-3-12/h2-3,5-6,24H,4,7-11H2,1H3. The second kappa shape index (κ2) is 7.80. The van der Waals surface area contributed by atoms with E-state index in [1.54, 1.807) is 12.1 Å². The van der Waals surface area contributed by atoms with Gasteiger partial charge < -0.3 is 5.11 Å². The third kappa shape index (κ3) is 4.28. The molecule has 0 spiro atoms. The van der Waals surface area contributed by atoms with Gasteiger partial charge in [0.2, 0.25) is 15.8 Å². The summed E-state index contributed by atoms with van der Waals surface area (Å²) >= 11 is 0. The van der Waals surface area contributed by atoms with E-state index in [1.165, 1.54) is 21.0 Å². The molecule has 0 atom stereocenters. The fraction of sp³-hybridized carbons (Fsp3) is 0.389. The van der Waals surface area contributed by atoms with Gasteiger partial charge in [0.05, 0.1) is 6.26 Å². The third-order valence-electron chi connectivity index (χ3n) is 4.67. The molecule has 0 radical (unpaired) electrons. The quantitative estimate of drug-likeness (QED) is 0.729. The van der Waals surface area contributed by atoms with Crippen molar-refractivity contribution in [1.82, 2.24) is 13.9 Å². The summed E-state index contributed by atoms with van der Waals surface area (Å²) in [5.41, 5.74) is -0.332. The molecule has 1 aliphatic heterocycles. The SMILES string of the molecule is CS(=O)(=O)N1CCc2nc(C(=O)CCc3ccc(F)cc3)c(O)c(=O)n2CC1. The highest BCUT2D eigenvalue weighted by atomic mass is 32.2. The van der Waals surface area contributed by atoms with Gasteiger partial charge >= 0.3 is 0 Å². The lowest BCUT2D eigenvalue weighted by atomic mass is 10.1. The Morgan fingerprint density at radius 3 is 2.54 bits per heavy atom. The van der Waals surface area contributed by atoms with Gasteiger partial charge in [-0.3, -0.25) is 14.2 Å². The van der Waals surface area contributed by atoms with E-state index in [0.717, 1.165) is 11.8 Å². The van der Waals surface area contributed by atoms with Crippen LogP contribution in [0.3, 0.4) is 0 Å². The first-order chi connectivity index (χ1) is 13.2. The molecule has 0 bridgehead atoms. The molecule has 1 aliphatic rings. The molecule has 0 saturated carbocycles. The van der Waals surface area contributed by atoms with Crippen LogP contribution in [0.5, 0.6) is 5.75 Å². The van der Waals surface area contributed by atoms with E-state index in [0.29, 0.717) is 6.42 Å². The summed E-state index contributed by atoms with van der Waals surface area (Å²) in [5.74, 6) is -1.36. The van der Waals surface area contributed by atoms with Crippen LogP contribution in [0.1, 0.15) is 28.3 Å². The van der Waals surface area contributed by atoms with E-state index < -0.39 is 27.1 Å². The smallest absolute Gasteiger partial charge is 0.296 e. The van der Waals surface area contributed by atoms with Crippen molar-refractivity contribution in [3.63, 3.8) is 0 Å². The Labute approximate surface area is 161 Å². The van der Waals surface area contributed by atoms with Gasteiger partial charge in [0, 0.05) is 32.5 Å². The lowest BCUT2D eigenvalue weighted by Gasteiger charge is -2.15. The Morgan fingerprint density at radius 2 is 1.89 bits per heavy atom. The normalized spacial score (nSPS) is 15.1. The van der Waals surface area contributed by atoms with Crippen molar-refractivity contribution in [2.45, 2.75) is 25.8 Å². The van der Waals surface area contributed by atoms with Crippen LogP contribution in [0.2, 0.25) is 0 Å². The Balaban J connectivity index is 1.83. The second-order valence-electron chi connectivity index (χ2n) is 6.64. The van der Waals surface area contributed by atoms with Crippen molar-refractivity contribution in [2.75, 3.05) is 19.3 Å². The Bertz CT molecular complexity index is 1060. The highest BCUT2D eigenvalue weighted by molar-refractivity contribution is 7.88. The number of hydrogen-bond acceptors (Lipinski definition) is 6. The van der Waals surface area contributed by atoms with Crippen LogP contribution in [0.4, 0.5) is 4.39 Å². The number of rotatable bonds is 5. The molecule has 8 nitrogen and oxygen atoms in total. The lowest BCUT2D eigenvalue weighted by molar-refractivity contribution is 0.0974. The summed E-state index contributed by atoms with van der Waals surface area (Å²) in [6.07, 6.45) is 1.53. The summed E-state index contributed by atoms with van der Waals surface area (Å²) in [5, 5.41) is 10.2. The maximum Gasteiger partial charge on any atom is 0.296 e. The number of aromatic hydroxyl groups is 1. The van der Waals surface area contributed by atoms with Crippen molar-refractivity contribution >= 4 is 15.8 Å². The number of carbonyl (C=O) groups is 1. The van der Waals surface area contributed by atoms with Gasteiger partial charge in [-0.25, -0.2) is 17.8 Å². The number of ketones is 1. The van der Waals surface area contributed by atoms with Crippen molar-refractivity contribution in [2.24, 2.45) is 0 Å². The first-order valence-electron chi connectivity index (χ1n) is 8.72. The summed E-state index contributed by atoms with van der Waals surface area (Å²) < 4.78 is 38.9. The first kappa shape index (κ1) is 20.2. The summed E-state index contributed by atoms with van der Waals surface area (Å²) in [6.45, 7) is 0.274. The zero-order valence-electron chi connectivity index (χ0n) is 15.3. The lowest BCUT2D eigenvalue weighted by Crippen LogP contribution is -2.33. The molecule has 2 heterocycles. The number of fused-ring (bicyclic) bond motifs is 1. The summed E-state index contributed by atoms with van der Waals surface area (Å²) in [4.78, 5) is 29.1. The van der Waals surface area contributed by atoms with E-state index in [2.05, 4.69) is 4.98 Å². The first-order valence-corrected chi connectivity index (χ1v) is 10.6. The number of aryl methyl sites for hydroxylation is 1. The van der Waals surface area contributed by atoms with Crippen LogP contribution < -0.4 is 5.56 Å². The zero-order valence-corrected chi connectivity index (χ0v) is 16.1. The number of sulfonamides is 1. The van der Waals surface area contributed by atoms with Gasteiger partial charge in [-0.1, -0.05) is 12.1 Å². The number of halogens is 1. The molecular weight excluding hydrogens is 389 g/mol. The second-order valence-corrected chi connectivity index (χ2v) is 8.63. The van der Waals surface area contributed by atoms with Gasteiger partial charge in [0.15, 0.2) is 11.5 Å². The molecule has 0 fully saturated rings. The van der Waals surface area contributed by atoms with Crippen LogP contribution in [-0.2, 0) is 29.4 Å². The van der Waals surface area contributed by atoms with Crippen molar-refractivity contribution in [1.29, 1.82) is 0 Å². The monoisotopic (exact) mass is 409 g/mol. The average molecular weight is 409 g/mol. The van der Waals surface area contributed by atoms with Crippen LogP contribution in [0.15, 0.2) is 29.1 Å². The van der Waals surface area contributed by atoms with Crippen molar-refractivity contribution in [3.05, 3.63) is 57.5 Å². The number of hydrogen-bond donors (Lipinski definition) is 1. The number of Topliss-reactive ketones (excluding diaryl/α,β-unsaturated/α-hetero) is 1. The summed E-state index contributed by atoms with van der Waals surface area (Å²) in [7, 11) is -3.42. The van der Waals surface area contributed by atoms with Gasteiger partial charge in [0.25, 0.3) is 5.56 Å². The van der Waals surface area contributed by atoms with Crippen LogP contribution >= 0.6 is 0 Å². The van der Waals surface area contributed by atoms with Crippen LogP contribution in [0, 0.1) is 5.82 Å². The van der Waals surface area contributed by atoms with E-state index in [9.17, 15) is 27.5 Å². The molecule has 1 aromatic carbocycles. The largest absolute Gasteiger partial charge is 0.501 e. The highest BCUT2D eigenvalue weighted by Gasteiger charge is 2.26. The zero-order chi connectivity index (χ0) is 20.5. The van der Waals surface area contributed by atoms with Crippen molar-refractivity contribution in [3.8, 4) is 5.75 Å². The molecule has 0 aliphatic carbocycles. The van der Waals surface area contributed by atoms with Crippen LogP contribution in [-0.4, -0.2) is 52.5 Å². The molecule has 150 valence electrons. The molecule has 10 heteroatoms. The molecule has 0 amide bonds. The predicted molar refractivity (Wildman–Crippen MR) is 99.3 cm³/mol. The third-order valence-corrected chi connectivity index (χ3v) is 5.97. The minimum Gasteiger partial charge on any atom is -0.501 e. The summed E-state index contributed by atoms with van der Waals surface area (Å²) in [6, 6.07) is 5.69. The topological polar surface area (TPSA) is 110 Å². The number of aromatic nitrogens is 2. The van der Waals surface area contributed by atoms with Gasteiger partial charge in [-0.05, 0) is 24.1 Å². The molecule has 2 aromatic rings. The Morgan fingerprint density at radius 1 is 1.21 bits per heavy atom.